The molecule has 4 atom stereocenters. The Morgan fingerprint density at radius 3 is 2.27 bits per heavy atom. The Hall–Kier alpha value is -3.29. The highest BCUT2D eigenvalue weighted by molar-refractivity contribution is 6.00. The number of Topliss-reactive ketones (excluding diaryl/α,β-unsaturated/α-hetero) is 2. The molecule has 0 saturated carbocycles. The van der Waals surface area contributed by atoms with Crippen LogP contribution in [0.2, 0.25) is 0 Å². The molecule has 0 saturated heterocycles. The standard InChI is InChI=1S/C29H40O8/c1-18(2)15-27(33)35-14-11-25-24(16-20(5)30)28(34)23(17-36-21(6)31)9-12-29(25,8)13-10-26(19(3)4)37-22(7)32/h9,11,14-15,24-26H,3,10,12-13,16-17H2,1-2,4-8H3. The molecule has 1 aliphatic carbocycles. The van der Waals surface area contributed by atoms with E-state index in [1.54, 1.807) is 32.9 Å². The first-order valence-electron chi connectivity index (χ1n) is 12.4. The van der Waals surface area contributed by atoms with E-state index in [1.165, 1.54) is 33.1 Å². The largest absolute Gasteiger partial charge is 0.461 e. The first-order chi connectivity index (χ1) is 17.2. The van der Waals surface area contributed by atoms with E-state index in [-0.39, 0.29) is 24.6 Å². The van der Waals surface area contributed by atoms with Crippen molar-refractivity contribution in [3.05, 3.63) is 47.8 Å². The number of carbonyl (C=O) groups excluding carboxylic acids is 5. The van der Waals surface area contributed by atoms with Gasteiger partial charge in [-0.1, -0.05) is 25.2 Å². The second-order valence-electron chi connectivity index (χ2n) is 10.2. The minimum absolute atomic E-state index is 0.0311. The average molecular weight is 517 g/mol. The SMILES string of the molecule is C=C(C)C(CCC1(C)CC=C(COC(C)=O)C(=O)C(CC(C)=O)C1C=COC(=O)C=C(C)C)OC(C)=O. The number of ether oxygens (including phenoxy) is 3. The summed E-state index contributed by atoms with van der Waals surface area (Å²) < 4.78 is 15.8. The highest BCUT2D eigenvalue weighted by Crippen LogP contribution is 2.47. The molecule has 0 N–H and O–H groups in total. The maximum absolute atomic E-state index is 13.6. The zero-order valence-electron chi connectivity index (χ0n) is 23.1. The molecule has 204 valence electrons. The van der Waals surface area contributed by atoms with Gasteiger partial charge in [0, 0.05) is 37.8 Å². The van der Waals surface area contributed by atoms with Gasteiger partial charge in [0.25, 0.3) is 0 Å². The topological polar surface area (TPSA) is 113 Å². The lowest BCUT2D eigenvalue weighted by molar-refractivity contribution is -0.145. The zero-order chi connectivity index (χ0) is 28.3. The highest BCUT2D eigenvalue weighted by atomic mass is 16.5. The Morgan fingerprint density at radius 1 is 1.11 bits per heavy atom. The maximum Gasteiger partial charge on any atom is 0.335 e. The first kappa shape index (κ1) is 31.7. The Labute approximate surface area is 219 Å². The molecule has 0 aromatic heterocycles. The minimum Gasteiger partial charge on any atom is -0.461 e. The van der Waals surface area contributed by atoms with Crippen LogP contribution in [-0.2, 0) is 38.2 Å². The monoisotopic (exact) mass is 516 g/mol. The predicted octanol–water partition coefficient (Wildman–Crippen LogP) is 4.98. The van der Waals surface area contributed by atoms with Crippen molar-refractivity contribution in [3.8, 4) is 0 Å². The summed E-state index contributed by atoms with van der Waals surface area (Å²) in [4.78, 5) is 60.9. The van der Waals surface area contributed by atoms with Gasteiger partial charge in [-0.15, -0.1) is 0 Å². The van der Waals surface area contributed by atoms with Gasteiger partial charge in [-0.2, -0.15) is 0 Å². The van der Waals surface area contributed by atoms with Gasteiger partial charge in [0.05, 0.1) is 6.26 Å². The van der Waals surface area contributed by atoms with Crippen LogP contribution in [0, 0.1) is 17.3 Å². The number of hydrogen-bond donors (Lipinski definition) is 0. The van der Waals surface area contributed by atoms with E-state index in [0.29, 0.717) is 30.4 Å². The van der Waals surface area contributed by atoms with Gasteiger partial charge in [-0.25, -0.2) is 4.79 Å². The Morgan fingerprint density at radius 2 is 1.76 bits per heavy atom. The number of rotatable bonds is 12. The Bertz CT molecular complexity index is 995. The van der Waals surface area contributed by atoms with Crippen molar-refractivity contribution in [1.29, 1.82) is 0 Å². The summed E-state index contributed by atoms with van der Waals surface area (Å²) in [5, 5.41) is 0. The van der Waals surface area contributed by atoms with Gasteiger partial charge in [0.1, 0.15) is 18.5 Å². The van der Waals surface area contributed by atoms with Crippen molar-refractivity contribution in [2.24, 2.45) is 17.3 Å². The van der Waals surface area contributed by atoms with E-state index in [4.69, 9.17) is 14.2 Å². The molecule has 0 amide bonds. The molecule has 0 aliphatic heterocycles. The fourth-order valence-corrected chi connectivity index (χ4v) is 4.48. The number of carbonyl (C=O) groups is 5. The summed E-state index contributed by atoms with van der Waals surface area (Å²) >= 11 is 0. The van der Waals surface area contributed by atoms with Crippen molar-refractivity contribution >= 4 is 29.5 Å². The van der Waals surface area contributed by atoms with E-state index in [1.807, 2.05) is 6.92 Å². The van der Waals surface area contributed by atoms with Crippen LogP contribution in [0.15, 0.2) is 47.8 Å². The predicted molar refractivity (Wildman–Crippen MR) is 139 cm³/mol. The summed E-state index contributed by atoms with van der Waals surface area (Å²) in [6.45, 7) is 15.1. The molecular weight excluding hydrogens is 476 g/mol. The molecule has 0 radical (unpaired) electrons. The number of ketones is 2. The van der Waals surface area contributed by atoms with E-state index in [0.717, 1.165) is 5.57 Å². The third kappa shape index (κ3) is 10.7. The molecule has 8 nitrogen and oxygen atoms in total. The van der Waals surface area contributed by atoms with Crippen LogP contribution in [0.3, 0.4) is 0 Å². The lowest BCUT2D eigenvalue weighted by atomic mass is 9.65. The number of allylic oxidation sites excluding steroid dienone is 3. The van der Waals surface area contributed by atoms with Crippen molar-refractivity contribution in [2.75, 3.05) is 6.61 Å². The summed E-state index contributed by atoms with van der Waals surface area (Å²) in [7, 11) is 0. The quantitative estimate of drug-likeness (QED) is 0.117. The van der Waals surface area contributed by atoms with Crippen LogP contribution in [0.1, 0.15) is 74.1 Å². The molecule has 1 aliphatic rings. The van der Waals surface area contributed by atoms with E-state index < -0.39 is 41.3 Å². The van der Waals surface area contributed by atoms with Gasteiger partial charge in [-0.05, 0) is 69.9 Å². The maximum atomic E-state index is 13.6. The van der Waals surface area contributed by atoms with Crippen molar-refractivity contribution in [1.82, 2.24) is 0 Å². The summed E-state index contributed by atoms with van der Waals surface area (Å²) in [6, 6.07) is 0. The molecule has 0 spiro atoms. The summed E-state index contributed by atoms with van der Waals surface area (Å²) in [5.74, 6) is -3.21. The fourth-order valence-electron chi connectivity index (χ4n) is 4.48. The van der Waals surface area contributed by atoms with Gasteiger partial charge in [0.15, 0.2) is 5.78 Å². The lowest BCUT2D eigenvalue weighted by Gasteiger charge is -2.39. The number of esters is 3. The lowest BCUT2D eigenvalue weighted by Crippen LogP contribution is -2.36. The minimum atomic E-state index is -0.762. The normalized spacial score (nSPS) is 22.4. The molecule has 4 unspecified atom stereocenters. The average Bonchev–Trinajstić information content (AvgIpc) is 2.85. The van der Waals surface area contributed by atoms with Crippen LogP contribution in [-0.4, -0.2) is 42.2 Å². The van der Waals surface area contributed by atoms with Gasteiger partial charge < -0.3 is 19.0 Å². The molecule has 0 heterocycles. The smallest absolute Gasteiger partial charge is 0.335 e. The molecule has 37 heavy (non-hydrogen) atoms. The third-order valence-electron chi connectivity index (χ3n) is 6.36. The van der Waals surface area contributed by atoms with Crippen molar-refractivity contribution < 1.29 is 38.2 Å². The van der Waals surface area contributed by atoms with Crippen molar-refractivity contribution in [2.45, 2.75) is 80.3 Å². The van der Waals surface area contributed by atoms with Crippen molar-refractivity contribution in [3.63, 3.8) is 0 Å². The Balaban J connectivity index is 3.48. The second-order valence-corrected chi connectivity index (χ2v) is 10.2. The van der Waals surface area contributed by atoms with Crippen LogP contribution < -0.4 is 0 Å². The van der Waals surface area contributed by atoms with Gasteiger partial charge in [0.2, 0.25) is 0 Å². The molecular formula is C29H40O8. The molecule has 8 heteroatoms. The molecule has 1 rings (SSSR count). The summed E-state index contributed by atoms with van der Waals surface area (Å²) in [6.07, 6.45) is 6.86. The summed E-state index contributed by atoms with van der Waals surface area (Å²) in [5.41, 5.74) is 1.19. The number of hydrogen-bond acceptors (Lipinski definition) is 8. The molecule has 0 fully saturated rings. The molecule has 0 aromatic carbocycles. The van der Waals surface area contributed by atoms with Gasteiger partial charge in [-0.3, -0.25) is 14.4 Å². The van der Waals surface area contributed by atoms with Crippen LogP contribution in [0.5, 0.6) is 0 Å². The molecule has 0 bridgehead atoms. The van der Waals surface area contributed by atoms with Crippen LogP contribution in [0.25, 0.3) is 0 Å². The van der Waals surface area contributed by atoms with E-state index in [9.17, 15) is 24.0 Å². The first-order valence-corrected chi connectivity index (χ1v) is 12.4. The molecule has 0 aromatic rings. The fraction of sp³-hybridized carbons (Fsp3) is 0.552. The Kier molecular flexibility index (Phi) is 12.4. The van der Waals surface area contributed by atoms with Crippen LogP contribution >= 0.6 is 0 Å². The van der Waals surface area contributed by atoms with Crippen LogP contribution in [0.4, 0.5) is 0 Å². The third-order valence-corrected chi connectivity index (χ3v) is 6.36. The highest BCUT2D eigenvalue weighted by Gasteiger charge is 2.44. The zero-order valence-corrected chi connectivity index (χ0v) is 23.1. The van der Waals surface area contributed by atoms with Gasteiger partial charge >= 0.3 is 17.9 Å². The second kappa shape index (κ2) is 14.4. The van der Waals surface area contributed by atoms with E-state index >= 15 is 0 Å². The van der Waals surface area contributed by atoms with E-state index in [2.05, 4.69) is 6.58 Å².